The number of likely N-dealkylation sites (tertiary alicyclic amines) is 1. The van der Waals surface area contributed by atoms with E-state index in [1.54, 1.807) is 11.8 Å². The molecule has 2 fully saturated rings. The first kappa shape index (κ1) is 19.7. The van der Waals surface area contributed by atoms with E-state index in [2.05, 4.69) is 29.2 Å². The van der Waals surface area contributed by atoms with E-state index in [0.717, 1.165) is 43.5 Å². The number of hydrogen-bond acceptors (Lipinski definition) is 4. The Labute approximate surface area is 162 Å². The molecule has 0 spiro atoms. The normalized spacial score (nSPS) is 22.1. The smallest absolute Gasteiger partial charge is 0.245 e. The Hall–Kier alpha value is -2.08. The van der Waals surface area contributed by atoms with Gasteiger partial charge in [0.05, 0.1) is 6.10 Å². The lowest BCUT2D eigenvalue weighted by Crippen LogP contribution is -2.48. The fourth-order valence-corrected chi connectivity index (χ4v) is 4.00. The molecule has 2 unspecified atom stereocenters. The Balaban J connectivity index is 1.75. The van der Waals surface area contributed by atoms with Gasteiger partial charge in [-0.1, -0.05) is 12.1 Å². The summed E-state index contributed by atoms with van der Waals surface area (Å²) < 4.78 is 5.78. The van der Waals surface area contributed by atoms with Crippen molar-refractivity contribution in [3.8, 4) is 0 Å². The number of nitrogens with zero attached hydrogens (tertiary/aromatic N) is 3. The number of hydrogen-bond donors (Lipinski definition) is 0. The van der Waals surface area contributed by atoms with Crippen molar-refractivity contribution >= 4 is 17.5 Å². The van der Waals surface area contributed by atoms with Crippen LogP contribution in [0.1, 0.15) is 38.2 Å². The third kappa shape index (κ3) is 4.80. The Kier molecular flexibility index (Phi) is 6.37. The van der Waals surface area contributed by atoms with Gasteiger partial charge in [-0.2, -0.15) is 0 Å². The van der Waals surface area contributed by atoms with E-state index in [-0.39, 0.29) is 24.0 Å². The predicted octanol–water partition coefficient (Wildman–Crippen LogP) is 2.27. The Bertz CT molecular complexity index is 653. The molecule has 0 aromatic heterocycles. The highest BCUT2D eigenvalue weighted by Gasteiger charge is 2.36. The average Bonchev–Trinajstić information content (AvgIpc) is 3.32. The maximum atomic E-state index is 13.3. The van der Waals surface area contributed by atoms with Crippen LogP contribution in [0.25, 0.3) is 0 Å². The van der Waals surface area contributed by atoms with Gasteiger partial charge in [0, 0.05) is 52.9 Å². The van der Waals surface area contributed by atoms with Gasteiger partial charge in [0.2, 0.25) is 11.8 Å². The molecule has 2 heterocycles. The molecule has 0 bridgehead atoms. The molecule has 0 aliphatic carbocycles. The van der Waals surface area contributed by atoms with Gasteiger partial charge in [-0.15, -0.1) is 0 Å². The van der Waals surface area contributed by atoms with Crippen LogP contribution in [0.5, 0.6) is 0 Å². The van der Waals surface area contributed by atoms with Gasteiger partial charge in [-0.25, -0.2) is 0 Å². The van der Waals surface area contributed by atoms with Crippen LogP contribution in [0.2, 0.25) is 0 Å². The van der Waals surface area contributed by atoms with E-state index in [1.165, 1.54) is 0 Å². The minimum Gasteiger partial charge on any atom is -0.378 e. The molecule has 0 saturated carbocycles. The number of benzene rings is 1. The number of amides is 2. The molecule has 0 radical (unpaired) electrons. The Morgan fingerprint density at radius 3 is 2.48 bits per heavy atom. The number of ether oxygens (including phenoxy) is 1. The molecule has 2 saturated heterocycles. The number of anilines is 1. The van der Waals surface area contributed by atoms with Crippen molar-refractivity contribution in [1.29, 1.82) is 0 Å². The quantitative estimate of drug-likeness (QED) is 0.768. The second-order valence-corrected chi connectivity index (χ2v) is 7.79. The Morgan fingerprint density at radius 2 is 1.89 bits per heavy atom. The number of carbonyl (C=O) groups is 2. The molecular formula is C21H31N3O3. The number of rotatable bonds is 6. The SMILES string of the molecule is CC(=O)N1CCCC1C(=O)N(Cc1ccc(N(C)C)cc1)CC1CCCO1. The molecule has 0 N–H and O–H groups in total. The molecule has 1 aromatic carbocycles. The summed E-state index contributed by atoms with van der Waals surface area (Å²) in [6.45, 7) is 4.14. The zero-order chi connectivity index (χ0) is 19.4. The highest BCUT2D eigenvalue weighted by molar-refractivity contribution is 5.87. The minimum absolute atomic E-state index is 0.0155. The molecule has 148 valence electrons. The highest BCUT2D eigenvalue weighted by atomic mass is 16.5. The van der Waals surface area contributed by atoms with Crippen molar-refractivity contribution in [1.82, 2.24) is 9.80 Å². The van der Waals surface area contributed by atoms with Crippen LogP contribution in [0.15, 0.2) is 24.3 Å². The van der Waals surface area contributed by atoms with Crippen LogP contribution in [0.4, 0.5) is 5.69 Å². The van der Waals surface area contributed by atoms with E-state index in [0.29, 0.717) is 19.6 Å². The van der Waals surface area contributed by atoms with Crippen molar-refractivity contribution in [3.05, 3.63) is 29.8 Å². The molecule has 6 heteroatoms. The van der Waals surface area contributed by atoms with E-state index in [4.69, 9.17) is 4.74 Å². The van der Waals surface area contributed by atoms with Crippen molar-refractivity contribution in [2.45, 2.75) is 51.3 Å². The fourth-order valence-electron chi connectivity index (χ4n) is 4.00. The van der Waals surface area contributed by atoms with Crippen molar-refractivity contribution in [3.63, 3.8) is 0 Å². The van der Waals surface area contributed by atoms with Crippen molar-refractivity contribution in [2.75, 3.05) is 38.7 Å². The van der Waals surface area contributed by atoms with E-state index in [9.17, 15) is 9.59 Å². The van der Waals surface area contributed by atoms with Crippen LogP contribution in [0, 0.1) is 0 Å². The van der Waals surface area contributed by atoms with Gasteiger partial charge in [0.1, 0.15) is 6.04 Å². The summed E-state index contributed by atoms with van der Waals surface area (Å²) in [7, 11) is 4.03. The summed E-state index contributed by atoms with van der Waals surface area (Å²) in [5.41, 5.74) is 2.23. The molecule has 2 aliphatic heterocycles. The van der Waals surface area contributed by atoms with E-state index >= 15 is 0 Å². The average molecular weight is 373 g/mol. The molecule has 2 atom stereocenters. The summed E-state index contributed by atoms with van der Waals surface area (Å²) in [6.07, 6.45) is 3.78. The third-order valence-electron chi connectivity index (χ3n) is 5.53. The third-order valence-corrected chi connectivity index (χ3v) is 5.53. The maximum Gasteiger partial charge on any atom is 0.245 e. The topological polar surface area (TPSA) is 53.1 Å². The summed E-state index contributed by atoms with van der Waals surface area (Å²) in [5, 5.41) is 0. The first-order valence-corrected chi connectivity index (χ1v) is 9.89. The maximum absolute atomic E-state index is 13.3. The summed E-state index contributed by atoms with van der Waals surface area (Å²) in [6, 6.07) is 7.96. The monoisotopic (exact) mass is 373 g/mol. The van der Waals surface area contributed by atoms with Crippen LogP contribution >= 0.6 is 0 Å². The Morgan fingerprint density at radius 1 is 1.15 bits per heavy atom. The van der Waals surface area contributed by atoms with E-state index < -0.39 is 0 Å². The molecule has 3 rings (SSSR count). The first-order chi connectivity index (χ1) is 13.0. The van der Waals surface area contributed by atoms with Crippen LogP contribution in [-0.2, 0) is 20.9 Å². The summed E-state index contributed by atoms with van der Waals surface area (Å²) >= 11 is 0. The van der Waals surface area contributed by atoms with Gasteiger partial charge in [-0.3, -0.25) is 9.59 Å². The molecule has 27 heavy (non-hydrogen) atoms. The summed E-state index contributed by atoms with van der Waals surface area (Å²) in [4.78, 5) is 30.9. The lowest BCUT2D eigenvalue weighted by atomic mass is 10.1. The van der Waals surface area contributed by atoms with Crippen LogP contribution in [0.3, 0.4) is 0 Å². The van der Waals surface area contributed by atoms with Crippen LogP contribution < -0.4 is 4.90 Å². The standard InChI is InChI=1S/C21H31N3O3/c1-16(25)24-12-4-7-20(24)21(26)23(15-19-6-5-13-27-19)14-17-8-10-18(11-9-17)22(2)3/h8-11,19-20H,4-7,12-15H2,1-3H3. The van der Waals surface area contributed by atoms with Gasteiger partial charge >= 0.3 is 0 Å². The molecular weight excluding hydrogens is 342 g/mol. The first-order valence-electron chi connectivity index (χ1n) is 9.89. The molecule has 2 amide bonds. The van der Waals surface area contributed by atoms with Gasteiger partial charge in [0.25, 0.3) is 0 Å². The zero-order valence-corrected chi connectivity index (χ0v) is 16.7. The van der Waals surface area contributed by atoms with Crippen molar-refractivity contribution < 1.29 is 14.3 Å². The minimum atomic E-state index is -0.329. The van der Waals surface area contributed by atoms with E-state index in [1.807, 2.05) is 19.0 Å². The van der Waals surface area contributed by atoms with Crippen molar-refractivity contribution in [2.24, 2.45) is 0 Å². The molecule has 1 aromatic rings. The second kappa shape index (κ2) is 8.74. The van der Waals surface area contributed by atoms with Crippen LogP contribution in [-0.4, -0.2) is 67.6 Å². The fraction of sp³-hybridized carbons (Fsp3) is 0.619. The predicted molar refractivity (Wildman–Crippen MR) is 106 cm³/mol. The van der Waals surface area contributed by atoms with Gasteiger partial charge in [-0.05, 0) is 43.4 Å². The lowest BCUT2D eigenvalue weighted by Gasteiger charge is -2.31. The van der Waals surface area contributed by atoms with Gasteiger partial charge in [0.15, 0.2) is 0 Å². The second-order valence-electron chi connectivity index (χ2n) is 7.79. The number of carbonyl (C=O) groups excluding carboxylic acids is 2. The summed E-state index contributed by atoms with van der Waals surface area (Å²) in [5.74, 6) is 0.0353. The molecule has 2 aliphatic rings. The lowest BCUT2D eigenvalue weighted by molar-refractivity contribution is -0.144. The molecule has 6 nitrogen and oxygen atoms in total. The highest BCUT2D eigenvalue weighted by Crippen LogP contribution is 2.23. The largest absolute Gasteiger partial charge is 0.378 e. The zero-order valence-electron chi connectivity index (χ0n) is 16.7. The van der Waals surface area contributed by atoms with Gasteiger partial charge < -0.3 is 19.4 Å².